The molecular formula is C22H27NO7. The fourth-order valence-electron chi connectivity index (χ4n) is 2.91. The lowest BCUT2D eigenvalue weighted by Gasteiger charge is -2.35. The number of hydrogen-bond acceptors (Lipinski definition) is 6. The van der Waals surface area contributed by atoms with Gasteiger partial charge in [0.25, 0.3) is 0 Å². The second kappa shape index (κ2) is 10.1. The number of ketones is 1. The minimum Gasteiger partial charge on any atom is -0.481 e. The molecule has 0 unspecified atom stereocenters. The van der Waals surface area contributed by atoms with Gasteiger partial charge in [0.2, 0.25) is 5.78 Å². The number of nitrogens with zero attached hydrogens (tertiary/aromatic N) is 1. The number of hydrogen-bond donors (Lipinski definition) is 2. The van der Waals surface area contributed by atoms with Crippen molar-refractivity contribution in [3.63, 3.8) is 0 Å². The quantitative estimate of drug-likeness (QED) is 0.600. The maximum Gasteiger partial charge on any atom is 0.410 e. The third-order valence-electron chi connectivity index (χ3n) is 4.28. The zero-order valence-corrected chi connectivity index (χ0v) is 17.3. The normalized spacial score (nSPS) is 13.3. The third-order valence-corrected chi connectivity index (χ3v) is 4.28. The molecule has 1 aromatic carbocycles. The van der Waals surface area contributed by atoms with Gasteiger partial charge in [0, 0.05) is 13.0 Å². The molecule has 0 aliphatic rings. The lowest BCUT2D eigenvalue weighted by Crippen LogP contribution is -2.51. The average Bonchev–Trinajstić information content (AvgIpc) is 3.20. The molecule has 1 aromatic heterocycles. The van der Waals surface area contributed by atoms with Gasteiger partial charge in [-0.05, 0) is 44.9 Å². The maximum absolute atomic E-state index is 13.0. The SMILES string of the molecule is CC(C)(C)OC(=O)N(Cc1ccccc1)[C@@H](CCC(=O)O)[C@H](O)C(=O)c1ccco1. The van der Waals surface area contributed by atoms with E-state index in [4.69, 9.17) is 14.3 Å². The molecule has 0 bridgehead atoms. The summed E-state index contributed by atoms with van der Waals surface area (Å²) < 4.78 is 10.5. The zero-order chi connectivity index (χ0) is 22.3. The molecule has 0 saturated carbocycles. The van der Waals surface area contributed by atoms with E-state index in [1.54, 1.807) is 45.0 Å². The van der Waals surface area contributed by atoms with Gasteiger partial charge in [0.1, 0.15) is 11.7 Å². The Morgan fingerprint density at radius 1 is 1.10 bits per heavy atom. The van der Waals surface area contributed by atoms with Crippen molar-refractivity contribution in [2.75, 3.05) is 0 Å². The predicted octanol–water partition coefficient (Wildman–Crippen LogP) is 3.49. The van der Waals surface area contributed by atoms with Crippen molar-refractivity contribution in [1.29, 1.82) is 0 Å². The van der Waals surface area contributed by atoms with E-state index in [-0.39, 0.29) is 25.1 Å². The molecule has 0 aliphatic carbocycles. The molecule has 0 saturated heterocycles. The van der Waals surface area contributed by atoms with Crippen molar-refractivity contribution in [2.45, 2.75) is 57.9 Å². The van der Waals surface area contributed by atoms with E-state index in [0.29, 0.717) is 0 Å². The largest absolute Gasteiger partial charge is 0.481 e. The second-order valence-electron chi connectivity index (χ2n) is 7.88. The summed E-state index contributed by atoms with van der Waals surface area (Å²) in [5.74, 6) is -1.93. The van der Waals surface area contributed by atoms with Crippen LogP contribution >= 0.6 is 0 Å². The number of aliphatic hydroxyl groups excluding tert-OH is 1. The number of furan rings is 1. The van der Waals surface area contributed by atoms with Crippen LogP contribution in [0.3, 0.4) is 0 Å². The molecule has 2 aromatic rings. The molecule has 8 heteroatoms. The molecule has 2 rings (SSSR count). The summed E-state index contributed by atoms with van der Waals surface area (Å²) >= 11 is 0. The molecular weight excluding hydrogens is 390 g/mol. The van der Waals surface area contributed by atoms with E-state index in [1.807, 2.05) is 6.07 Å². The summed E-state index contributed by atoms with van der Waals surface area (Å²) in [5.41, 5.74) is -0.0828. The summed E-state index contributed by atoms with van der Waals surface area (Å²) in [6, 6.07) is 10.7. The third kappa shape index (κ3) is 6.73. The minimum atomic E-state index is -1.69. The fraction of sp³-hybridized carbons (Fsp3) is 0.409. The van der Waals surface area contributed by atoms with Crippen LogP contribution in [-0.2, 0) is 16.1 Å². The minimum absolute atomic E-state index is 0.0303. The summed E-state index contributed by atoms with van der Waals surface area (Å²) in [6.45, 7) is 5.12. The Morgan fingerprint density at radius 2 is 1.77 bits per heavy atom. The van der Waals surface area contributed by atoms with Crippen molar-refractivity contribution in [3.05, 3.63) is 60.1 Å². The molecule has 0 spiro atoms. The fourth-order valence-corrected chi connectivity index (χ4v) is 2.91. The Hall–Kier alpha value is -3.13. The van der Waals surface area contributed by atoms with Crippen molar-refractivity contribution in [3.8, 4) is 0 Å². The van der Waals surface area contributed by atoms with Crippen LogP contribution in [0.4, 0.5) is 4.79 Å². The number of carboxylic acids is 1. The van der Waals surface area contributed by atoms with Gasteiger partial charge in [-0.3, -0.25) is 14.5 Å². The zero-order valence-electron chi connectivity index (χ0n) is 17.3. The van der Waals surface area contributed by atoms with Gasteiger partial charge in [-0.2, -0.15) is 0 Å². The summed E-state index contributed by atoms with van der Waals surface area (Å²) in [6.07, 6.45) is -1.64. The number of ether oxygens (including phenoxy) is 1. The Bertz CT molecular complexity index is 840. The Labute approximate surface area is 175 Å². The van der Waals surface area contributed by atoms with Gasteiger partial charge in [-0.15, -0.1) is 0 Å². The first-order valence-corrected chi connectivity index (χ1v) is 9.59. The number of carbonyl (C=O) groups excluding carboxylic acids is 2. The van der Waals surface area contributed by atoms with Crippen LogP contribution in [0.5, 0.6) is 0 Å². The van der Waals surface area contributed by atoms with Crippen molar-refractivity contribution >= 4 is 17.8 Å². The molecule has 2 N–H and O–H groups in total. The van der Waals surface area contributed by atoms with Gasteiger partial charge >= 0.3 is 12.1 Å². The first-order valence-electron chi connectivity index (χ1n) is 9.59. The Balaban J connectivity index is 2.39. The molecule has 8 nitrogen and oxygen atoms in total. The number of aliphatic hydroxyl groups is 1. The molecule has 1 amide bonds. The lowest BCUT2D eigenvalue weighted by molar-refractivity contribution is -0.137. The molecule has 30 heavy (non-hydrogen) atoms. The van der Waals surface area contributed by atoms with Crippen LogP contribution < -0.4 is 0 Å². The highest BCUT2D eigenvalue weighted by Gasteiger charge is 2.37. The van der Waals surface area contributed by atoms with E-state index in [0.717, 1.165) is 5.56 Å². The van der Waals surface area contributed by atoms with Gasteiger partial charge < -0.3 is 19.4 Å². The topological polar surface area (TPSA) is 117 Å². The number of amides is 1. The van der Waals surface area contributed by atoms with Crippen LogP contribution in [0.1, 0.15) is 49.7 Å². The monoisotopic (exact) mass is 417 g/mol. The second-order valence-corrected chi connectivity index (χ2v) is 7.88. The number of aliphatic carboxylic acids is 1. The Kier molecular flexibility index (Phi) is 7.77. The maximum atomic E-state index is 13.0. The molecule has 0 fully saturated rings. The molecule has 0 radical (unpaired) electrons. The lowest BCUT2D eigenvalue weighted by atomic mass is 9.98. The van der Waals surface area contributed by atoms with Crippen LogP contribution in [0.25, 0.3) is 0 Å². The van der Waals surface area contributed by atoms with E-state index in [2.05, 4.69) is 0 Å². The van der Waals surface area contributed by atoms with Gasteiger partial charge in [0.05, 0.1) is 12.3 Å². The smallest absolute Gasteiger partial charge is 0.410 e. The van der Waals surface area contributed by atoms with Gasteiger partial charge in [0.15, 0.2) is 5.76 Å². The number of Topliss-reactive ketones (excluding diaryl/α,β-unsaturated/α-hetero) is 1. The van der Waals surface area contributed by atoms with Gasteiger partial charge in [-0.1, -0.05) is 30.3 Å². The standard InChI is InChI=1S/C22H27NO7/c1-22(2,3)30-21(28)23(14-15-8-5-4-6-9-15)16(11-12-18(24)25)19(26)20(27)17-10-7-13-29-17/h4-10,13,16,19,26H,11-12,14H2,1-3H3,(H,24,25)/t16-,19-/m0/s1. The summed E-state index contributed by atoms with van der Waals surface area (Å²) in [4.78, 5) is 38.0. The first kappa shape index (κ1) is 23.2. The number of benzene rings is 1. The predicted molar refractivity (Wildman–Crippen MR) is 108 cm³/mol. The van der Waals surface area contributed by atoms with Crippen molar-refractivity contribution in [1.82, 2.24) is 4.90 Å². The summed E-state index contributed by atoms with van der Waals surface area (Å²) in [5, 5.41) is 19.9. The van der Waals surface area contributed by atoms with Crippen molar-refractivity contribution < 1.29 is 33.8 Å². The molecule has 1 heterocycles. The molecule has 2 atom stereocenters. The average molecular weight is 417 g/mol. The van der Waals surface area contributed by atoms with E-state index in [1.165, 1.54) is 23.3 Å². The molecule has 162 valence electrons. The Morgan fingerprint density at radius 3 is 2.30 bits per heavy atom. The number of rotatable bonds is 9. The van der Waals surface area contributed by atoms with Crippen molar-refractivity contribution in [2.24, 2.45) is 0 Å². The van der Waals surface area contributed by atoms with Gasteiger partial charge in [-0.25, -0.2) is 4.79 Å². The van der Waals surface area contributed by atoms with Crippen LogP contribution in [0.15, 0.2) is 53.1 Å². The first-order chi connectivity index (χ1) is 14.1. The highest BCUT2D eigenvalue weighted by Crippen LogP contribution is 2.22. The molecule has 0 aliphatic heterocycles. The van der Waals surface area contributed by atoms with E-state index < -0.39 is 35.6 Å². The van der Waals surface area contributed by atoms with Crippen LogP contribution in [-0.4, -0.2) is 50.7 Å². The number of carbonyl (C=O) groups is 3. The van der Waals surface area contributed by atoms with E-state index >= 15 is 0 Å². The highest BCUT2D eigenvalue weighted by molar-refractivity contribution is 5.97. The summed E-state index contributed by atoms with van der Waals surface area (Å²) in [7, 11) is 0. The van der Waals surface area contributed by atoms with E-state index in [9.17, 15) is 19.5 Å². The highest BCUT2D eigenvalue weighted by atomic mass is 16.6. The van der Waals surface area contributed by atoms with Crippen LogP contribution in [0.2, 0.25) is 0 Å². The van der Waals surface area contributed by atoms with Crippen LogP contribution in [0, 0.1) is 0 Å². The number of carboxylic acid groups (broad SMARTS) is 1.